The summed E-state index contributed by atoms with van der Waals surface area (Å²) in [5, 5.41) is 12.6. The molecule has 0 radical (unpaired) electrons. The van der Waals surface area contributed by atoms with Gasteiger partial charge in [0, 0.05) is 61.3 Å². The number of nitrogens with one attached hydrogen (secondary N) is 2. The topological polar surface area (TPSA) is 93.3 Å². The predicted molar refractivity (Wildman–Crippen MR) is 147 cm³/mol. The van der Waals surface area contributed by atoms with Gasteiger partial charge in [0.15, 0.2) is 0 Å². The summed E-state index contributed by atoms with van der Waals surface area (Å²) in [6.07, 6.45) is 6.08. The lowest BCUT2D eigenvalue weighted by Gasteiger charge is -2.41. The van der Waals surface area contributed by atoms with Gasteiger partial charge in [0.2, 0.25) is 11.9 Å². The van der Waals surface area contributed by atoms with Gasteiger partial charge in [-0.25, -0.2) is 4.98 Å². The Morgan fingerprint density at radius 2 is 2.00 bits per heavy atom. The first-order chi connectivity index (χ1) is 18.0. The first-order valence-electron chi connectivity index (χ1n) is 13.1. The summed E-state index contributed by atoms with van der Waals surface area (Å²) in [5.41, 5.74) is 5.76. The average Bonchev–Trinajstić information content (AvgIpc) is 3.35. The molecule has 2 aromatic heterocycles. The van der Waals surface area contributed by atoms with Crippen LogP contribution in [-0.4, -0.2) is 83.3 Å². The third-order valence-corrected chi connectivity index (χ3v) is 8.67. The van der Waals surface area contributed by atoms with Crippen molar-refractivity contribution in [1.82, 2.24) is 30.4 Å². The number of halogens is 1. The molecular weight excluding hydrogens is 488 g/mol. The summed E-state index contributed by atoms with van der Waals surface area (Å²) in [6, 6.07) is 2.43. The number of aromatic nitrogens is 4. The van der Waals surface area contributed by atoms with Gasteiger partial charge in [0.25, 0.3) is 0 Å². The van der Waals surface area contributed by atoms with Gasteiger partial charge in [-0.3, -0.25) is 9.89 Å². The zero-order chi connectivity index (χ0) is 25.7. The van der Waals surface area contributed by atoms with Gasteiger partial charge >= 0.3 is 0 Å². The van der Waals surface area contributed by atoms with E-state index in [-0.39, 0.29) is 5.91 Å². The van der Waals surface area contributed by atoms with E-state index in [2.05, 4.69) is 38.8 Å². The molecule has 2 saturated heterocycles. The van der Waals surface area contributed by atoms with Crippen LogP contribution in [0.15, 0.2) is 24.9 Å². The molecule has 9 nitrogen and oxygen atoms in total. The summed E-state index contributed by atoms with van der Waals surface area (Å²) >= 11 is 6.63. The maximum absolute atomic E-state index is 12.1. The summed E-state index contributed by atoms with van der Waals surface area (Å²) in [6.45, 7) is 10.4. The van der Waals surface area contributed by atoms with Crippen LogP contribution >= 0.6 is 11.6 Å². The summed E-state index contributed by atoms with van der Waals surface area (Å²) in [5.74, 6) is 2.15. The Morgan fingerprint density at radius 3 is 2.73 bits per heavy atom. The Balaban J connectivity index is 1.35. The quantitative estimate of drug-likeness (QED) is 0.500. The number of carbonyl (C=O) groups excluding carboxylic acids is 1. The van der Waals surface area contributed by atoms with Crippen LogP contribution in [-0.2, 0) is 17.6 Å². The van der Waals surface area contributed by atoms with E-state index in [4.69, 9.17) is 21.6 Å². The van der Waals surface area contributed by atoms with Crippen molar-refractivity contribution in [3.63, 3.8) is 0 Å². The second-order valence-electron chi connectivity index (χ2n) is 10.3. The molecule has 3 aliphatic rings. The number of hydrogen-bond donors (Lipinski definition) is 2. The maximum Gasteiger partial charge on any atom is 0.246 e. The van der Waals surface area contributed by atoms with Crippen molar-refractivity contribution in [2.24, 2.45) is 0 Å². The smallest absolute Gasteiger partial charge is 0.246 e. The first kappa shape index (κ1) is 24.2. The highest BCUT2D eigenvalue weighted by atomic mass is 35.5. The van der Waals surface area contributed by atoms with Crippen LogP contribution in [0.3, 0.4) is 0 Å². The molecule has 1 unspecified atom stereocenters. The molecule has 6 rings (SSSR count). The number of piperazine rings is 1. The summed E-state index contributed by atoms with van der Waals surface area (Å²) < 4.78 is 0. The lowest BCUT2D eigenvalue weighted by atomic mass is 9.79. The van der Waals surface area contributed by atoms with E-state index < -0.39 is 0 Å². The van der Waals surface area contributed by atoms with Gasteiger partial charge in [-0.2, -0.15) is 10.1 Å². The van der Waals surface area contributed by atoms with Gasteiger partial charge in [-0.05, 0) is 62.4 Å². The van der Waals surface area contributed by atoms with Crippen LogP contribution < -0.4 is 15.1 Å². The van der Waals surface area contributed by atoms with Crippen molar-refractivity contribution in [3.05, 3.63) is 52.3 Å². The van der Waals surface area contributed by atoms with Gasteiger partial charge in [0.1, 0.15) is 5.82 Å². The van der Waals surface area contributed by atoms with Crippen molar-refractivity contribution in [3.8, 4) is 0 Å². The van der Waals surface area contributed by atoms with E-state index in [1.54, 1.807) is 0 Å². The number of likely N-dealkylation sites (N-methyl/N-ethyl adjacent to an activating group) is 1. The molecule has 37 heavy (non-hydrogen) atoms. The average molecular weight is 521 g/mol. The zero-order valence-electron chi connectivity index (χ0n) is 21.4. The van der Waals surface area contributed by atoms with Crippen LogP contribution in [0.5, 0.6) is 0 Å². The summed E-state index contributed by atoms with van der Waals surface area (Å²) in [7, 11) is 2.00. The molecule has 1 aromatic carbocycles. The van der Waals surface area contributed by atoms with E-state index in [9.17, 15) is 4.79 Å². The maximum atomic E-state index is 12.1. The van der Waals surface area contributed by atoms with Crippen LogP contribution in [0, 0.1) is 6.92 Å². The highest BCUT2D eigenvalue weighted by Crippen LogP contribution is 2.42. The molecule has 0 saturated carbocycles. The molecule has 2 aliphatic heterocycles. The Bertz CT molecular complexity index is 1360. The van der Waals surface area contributed by atoms with Gasteiger partial charge < -0.3 is 20.0 Å². The number of amides is 1. The molecule has 0 bridgehead atoms. The second kappa shape index (κ2) is 9.61. The number of hydrogen-bond acceptors (Lipinski definition) is 7. The first-order valence-corrected chi connectivity index (χ1v) is 13.4. The Morgan fingerprint density at radius 1 is 1.22 bits per heavy atom. The Labute approximate surface area is 221 Å². The van der Waals surface area contributed by atoms with Gasteiger partial charge in [0.05, 0.1) is 17.4 Å². The van der Waals surface area contributed by atoms with Gasteiger partial charge in [-0.15, -0.1) is 0 Å². The number of nitrogens with zero attached hydrogens (tertiary/aromatic N) is 6. The molecule has 1 atom stereocenters. The number of benzene rings is 1. The molecule has 2 N–H and O–H groups in total. The highest BCUT2D eigenvalue weighted by Gasteiger charge is 2.34. The number of aromatic amines is 1. The molecular formula is C27H33ClN8O. The van der Waals surface area contributed by atoms with Crippen LogP contribution in [0.1, 0.15) is 34.7 Å². The zero-order valence-corrected chi connectivity index (χ0v) is 22.2. The number of rotatable bonds is 5. The van der Waals surface area contributed by atoms with Crippen LogP contribution in [0.4, 0.5) is 11.8 Å². The van der Waals surface area contributed by atoms with Crippen molar-refractivity contribution in [2.75, 3.05) is 56.1 Å². The fraction of sp³-hybridized carbons (Fsp3) is 0.481. The van der Waals surface area contributed by atoms with E-state index in [1.165, 1.54) is 17.2 Å². The van der Waals surface area contributed by atoms with Crippen molar-refractivity contribution < 1.29 is 4.79 Å². The van der Waals surface area contributed by atoms with E-state index in [0.29, 0.717) is 25.0 Å². The molecule has 1 aliphatic carbocycles. The largest absolute Gasteiger partial charge is 0.353 e. The molecule has 4 heterocycles. The normalized spacial score (nSPS) is 20.2. The fourth-order valence-electron chi connectivity index (χ4n) is 6.04. The highest BCUT2D eigenvalue weighted by molar-refractivity contribution is 6.32. The SMILES string of the molecule is C=CC(=O)N1CCN(c2nc(N3CC(NC)C3)nc3c2CCC(c2c(C)c(Cl)cc4[nH]ncc24)C3)CC1. The molecule has 1 amide bonds. The monoisotopic (exact) mass is 520 g/mol. The minimum Gasteiger partial charge on any atom is -0.353 e. The number of anilines is 2. The van der Waals surface area contributed by atoms with Gasteiger partial charge in [-0.1, -0.05) is 18.2 Å². The van der Waals surface area contributed by atoms with Crippen molar-refractivity contribution in [2.45, 2.75) is 38.1 Å². The molecule has 194 valence electrons. The minimum absolute atomic E-state index is 0.00552. The molecule has 10 heteroatoms. The van der Waals surface area contributed by atoms with Crippen LogP contribution in [0.25, 0.3) is 10.9 Å². The number of carbonyl (C=O) groups is 1. The molecule has 3 aromatic rings. The standard InChI is InChI=1S/C27H33ClN8O/c1-4-24(37)34-7-9-35(10-8-34)26-19-6-5-17(25-16(2)21(28)12-23-20(25)13-30-33-23)11-22(19)31-27(32-26)36-14-18(15-36)29-3/h4,12-13,17-18,29H,1,5-11,14-15H2,2-3H3,(H,30,33). The third-order valence-electron chi connectivity index (χ3n) is 8.28. The lowest BCUT2D eigenvalue weighted by Crippen LogP contribution is -2.58. The van der Waals surface area contributed by atoms with E-state index >= 15 is 0 Å². The van der Waals surface area contributed by atoms with E-state index in [1.807, 2.05) is 24.2 Å². The fourth-order valence-corrected chi connectivity index (χ4v) is 6.25. The summed E-state index contributed by atoms with van der Waals surface area (Å²) in [4.78, 5) is 28.8. The Kier molecular flexibility index (Phi) is 6.28. The second-order valence-corrected chi connectivity index (χ2v) is 10.8. The minimum atomic E-state index is -0.00552. The van der Waals surface area contributed by atoms with Crippen molar-refractivity contribution in [1.29, 1.82) is 0 Å². The van der Waals surface area contributed by atoms with Crippen molar-refractivity contribution >= 4 is 40.2 Å². The third kappa shape index (κ3) is 4.24. The molecule has 0 spiro atoms. The number of fused-ring (bicyclic) bond motifs is 2. The predicted octanol–water partition coefficient (Wildman–Crippen LogP) is 2.83. The number of H-pyrrole nitrogens is 1. The van der Waals surface area contributed by atoms with E-state index in [0.717, 1.165) is 84.4 Å². The Hall–Kier alpha value is -3.17. The van der Waals surface area contributed by atoms with Crippen LogP contribution in [0.2, 0.25) is 5.02 Å². The molecule has 2 fully saturated rings. The lowest BCUT2D eigenvalue weighted by molar-refractivity contribution is -0.126.